The maximum absolute atomic E-state index is 5.55. The van der Waals surface area contributed by atoms with Gasteiger partial charge in [0.15, 0.2) is 5.16 Å². The fourth-order valence-corrected chi connectivity index (χ4v) is 1.25. The molecule has 0 aliphatic rings. The lowest BCUT2D eigenvalue weighted by atomic mass is 10.4. The molecule has 0 aliphatic heterocycles. The van der Waals surface area contributed by atoms with E-state index in [0.29, 0.717) is 0 Å². The van der Waals surface area contributed by atoms with Crippen LogP contribution in [0.1, 0.15) is 6.92 Å². The van der Waals surface area contributed by atoms with Gasteiger partial charge < -0.3 is 10.7 Å². The van der Waals surface area contributed by atoms with Crippen molar-refractivity contribution >= 4 is 11.8 Å². The van der Waals surface area contributed by atoms with Crippen LogP contribution in [-0.4, -0.2) is 21.8 Å². The minimum absolute atomic E-state index is 0.232. The summed E-state index contributed by atoms with van der Waals surface area (Å²) in [7, 11) is 0. The Labute approximate surface area is 64.4 Å². The number of nitrogens with zero attached hydrogens (tertiary/aromatic N) is 1. The molecule has 1 atom stereocenters. The molecule has 0 spiro atoms. The molecule has 1 aromatic rings. The van der Waals surface area contributed by atoms with E-state index in [4.69, 9.17) is 5.73 Å². The minimum atomic E-state index is 0.232. The molecule has 56 valence electrons. The summed E-state index contributed by atoms with van der Waals surface area (Å²) in [6.45, 7) is 1.98. The van der Waals surface area contributed by atoms with Crippen molar-refractivity contribution in [1.82, 2.24) is 9.97 Å². The third kappa shape index (κ3) is 2.41. The second-order valence-corrected chi connectivity index (χ2v) is 3.19. The zero-order valence-electron chi connectivity index (χ0n) is 5.87. The van der Waals surface area contributed by atoms with E-state index in [1.54, 1.807) is 18.0 Å². The third-order valence-corrected chi connectivity index (χ3v) is 2.15. The van der Waals surface area contributed by atoms with Crippen LogP contribution in [0, 0.1) is 0 Å². The van der Waals surface area contributed by atoms with Crippen molar-refractivity contribution < 1.29 is 0 Å². The molecular formula is C6H11N3S. The summed E-state index contributed by atoms with van der Waals surface area (Å²) in [4.78, 5) is 7.03. The van der Waals surface area contributed by atoms with Gasteiger partial charge in [0.05, 0.1) is 0 Å². The van der Waals surface area contributed by atoms with Crippen LogP contribution in [0.15, 0.2) is 17.6 Å². The van der Waals surface area contributed by atoms with Crippen molar-refractivity contribution in [3.8, 4) is 0 Å². The van der Waals surface area contributed by atoms with E-state index in [-0.39, 0.29) is 6.04 Å². The topological polar surface area (TPSA) is 54.7 Å². The number of nitrogens with one attached hydrogen (secondary N) is 1. The van der Waals surface area contributed by atoms with E-state index in [0.717, 1.165) is 10.9 Å². The molecule has 0 bridgehead atoms. The Morgan fingerprint density at radius 1 is 1.90 bits per heavy atom. The van der Waals surface area contributed by atoms with Gasteiger partial charge in [-0.1, -0.05) is 11.8 Å². The van der Waals surface area contributed by atoms with Crippen molar-refractivity contribution in [2.75, 3.05) is 5.75 Å². The first-order valence-electron chi connectivity index (χ1n) is 3.17. The first-order chi connectivity index (χ1) is 4.79. The number of hydrogen-bond donors (Lipinski definition) is 2. The summed E-state index contributed by atoms with van der Waals surface area (Å²) in [5, 5.41) is 0.942. The predicted molar refractivity (Wildman–Crippen MR) is 43.0 cm³/mol. The number of aromatic amines is 1. The van der Waals surface area contributed by atoms with Gasteiger partial charge in [0.25, 0.3) is 0 Å². The molecule has 0 fully saturated rings. The lowest BCUT2D eigenvalue weighted by Gasteiger charge is -2.00. The number of imidazole rings is 1. The molecule has 1 rings (SSSR count). The molecule has 0 saturated carbocycles. The highest BCUT2D eigenvalue weighted by molar-refractivity contribution is 7.99. The lowest BCUT2D eigenvalue weighted by Crippen LogP contribution is -2.17. The predicted octanol–water partition coefficient (Wildman–Crippen LogP) is 0.849. The van der Waals surface area contributed by atoms with E-state index in [9.17, 15) is 0 Å². The molecule has 0 amide bonds. The average Bonchev–Trinajstić information content (AvgIpc) is 2.34. The maximum atomic E-state index is 5.55. The molecule has 3 N–H and O–H groups in total. The Hall–Kier alpha value is -0.480. The SMILES string of the molecule is C[C@@H](N)CSc1ncc[nH]1. The third-order valence-electron chi connectivity index (χ3n) is 0.956. The Balaban J connectivity index is 2.28. The van der Waals surface area contributed by atoms with Gasteiger partial charge in [-0.15, -0.1) is 0 Å². The normalized spacial score (nSPS) is 13.4. The van der Waals surface area contributed by atoms with Gasteiger partial charge >= 0.3 is 0 Å². The second kappa shape index (κ2) is 3.63. The highest BCUT2D eigenvalue weighted by Gasteiger charge is 1.97. The van der Waals surface area contributed by atoms with E-state index >= 15 is 0 Å². The summed E-state index contributed by atoms with van der Waals surface area (Å²) < 4.78 is 0. The number of nitrogens with two attached hydrogens (primary N) is 1. The van der Waals surface area contributed by atoms with Crippen LogP contribution < -0.4 is 5.73 Å². The summed E-state index contributed by atoms with van der Waals surface area (Å²) in [6, 6.07) is 0.232. The number of rotatable bonds is 3. The molecule has 0 saturated heterocycles. The molecule has 1 aromatic heterocycles. The van der Waals surface area contributed by atoms with Gasteiger partial charge in [-0.3, -0.25) is 0 Å². The molecule has 0 aliphatic carbocycles. The fourth-order valence-electron chi connectivity index (χ4n) is 0.540. The molecule has 0 aromatic carbocycles. The first kappa shape index (κ1) is 7.63. The monoisotopic (exact) mass is 157 g/mol. The first-order valence-corrected chi connectivity index (χ1v) is 4.15. The van der Waals surface area contributed by atoms with Crippen LogP contribution in [0.4, 0.5) is 0 Å². The Bertz CT molecular complexity index is 171. The van der Waals surface area contributed by atoms with Crippen LogP contribution in [-0.2, 0) is 0 Å². The number of aromatic nitrogens is 2. The smallest absolute Gasteiger partial charge is 0.165 e. The van der Waals surface area contributed by atoms with E-state index < -0.39 is 0 Å². The molecular weight excluding hydrogens is 146 g/mol. The molecule has 1 heterocycles. The molecule has 0 radical (unpaired) electrons. The number of H-pyrrole nitrogens is 1. The van der Waals surface area contributed by atoms with Gasteiger partial charge in [-0.2, -0.15) is 0 Å². The summed E-state index contributed by atoms with van der Waals surface area (Å²) >= 11 is 1.64. The van der Waals surface area contributed by atoms with Gasteiger partial charge in [-0.25, -0.2) is 4.98 Å². The van der Waals surface area contributed by atoms with Crippen molar-refractivity contribution in [1.29, 1.82) is 0 Å². The average molecular weight is 157 g/mol. The molecule has 10 heavy (non-hydrogen) atoms. The second-order valence-electron chi connectivity index (χ2n) is 2.18. The number of hydrogen-bond acceptors (Lipinski definition) is 3. The molecule has 3 nitrogen and oxygen atoms in total. The largest absolute Gasteiger partial charge is 0.340 e. The van der Waals surface area contributed by atoms with Crippen LogP contribution in [0.25, 0.3) is 0 Å². The maximum Gasteiger partial charge on any atom is 0.165 e. The van der Waals surface area contributed by atoms with E-state index in [2.05, 4.69) is 9.97 Å². The Morgan fingerprint density at radius 3 is 3.20 bits per heavy atom. The summed E-state index contributed by atoms with van der Waals surface area (Å²) in [5.74, 6) is 0.910. The van der Waals surface area contributed by atoms with Gasteiger partial charge in [0, 0.05) is 24.2 Å². The van der Waals surface area contributed by atoms with Crippen LogP contribution in [0.2, 0.25) is 0 Å². The fraction of sp³-hybridized carbons (Fsp3) is 0.500. The zero-order valence-corrected chi connectivity index (χ0v) is 6.69. The zero-order chi connectivity index (χ0) is 7.40. The Kier molecular flexibility index (Phi) is 2.77. The highest BCUT2D eigenvalue weighted by Crippen LogP contribution is 2.11. The Morgan fingerprint density at radius 2 is 2.70 bits per heavy atom. The van der Waals surface area contributed by atoms with E-state index in [1.807, 2.05) is 13.1 Å². The van der Waals surface area contributed by atoms with Crippen molar-refractivity contribution in [2.45, 2.75) is 18.1 Å². The van der Waals surface area contributed by atoms with Gasteiger partial charge in [0.1, 0.15) is 0 Å². The van der Waals surface area contributed by atoms with Gasteiger partial charge in [-0.05, 0) is 6.92 Å². The van der Waals surface area contributed by atoms with Crippen LogP contribution >= 0.6 is 11.8 Å². The number of thioether (sulfide) groups is 1. The standard InChI is InChI=1S/C6H11N3S/c1-5(7)4-10-6-8-2-3-9-6/h2-3,5H,4,7H2,1H3,(H,8,9)/t5-/m1/s1. The van der Waals surface area contributed by atoms with Crippen molar-refractivity contribution in [2.24, 2.45) is 5.73 Å². The highest BCUT2D eigenvalue weighted by atomic mass is 32.2. The van der Waals surface area contributed by atoms with Crippen molar-refractivity contribution in [3.05, 3.63) is 12.4 Å². The summed E-state index contributed by atoms with van der Waals surface area (Å²) in [5.41, 5.74) is 5.55. The van der Waals surface area contributed by atoms with Gasteiger partial charge in [0.2, 0.25) is 0 Å². The molecule has 4 heteroatoms. The lowest BCUT2D eigenvalue weighted by molar-refractivity contribution is 0.844. The summed E-state index contributed by atoms with van der Waals surface area (Å²) in [6.07, 6.45) is 3.55. The van der Waals surface area contributed by atoms with Crippen LogP contribution in [0.5, 0.6) is 0 Å². The van der Waals surface area contributed by atoms with E-state index in [1.165, 1.54) is 0 Å². The quantitative estimate of drug-likeness (QED) is 0.639. The molecule has 0 unspecified atom stereocenters. The van der Waals surface area contributed by atoms with Crippen LogP contribution in [0.3, 0.4) is 0 Å². The minimum Gasteiger partial charge on any atom is -0.340 e. The van der Waals surface area contributed by atoms with Crippen molar-refractivity contribution in [3.63, 3.8) is 0 Å².